The molecule has 0 bridgehead atoms. The van der Waals surface area contributed by atoms with Gasteiger partial charge in [-0.15, -0.1) is 0 Å². The lowest BCUT2D eigenvalue weighted by molar-refractivity contribution is -0.139. The van der Waals surface area contributed by atoms with E-state index in [-0.39, 0.29) is 12.5 Å². The number of pyridine rings is 1. The van der Waals surface area contributed by atoms with Crippen LogP contribution >= 0.6 is 11.9 Å². The van der Waals surface area contributed by atoms with E-state index in [2.05, 4.69) is 36.1 Å². The molecule has 0 aliphatic rings. The molecule has 0 aliphatic heterocycles. The lowest BCUT2D eigenvalue weighted by atomic mass is 10.2. The molecule has 7 heteroatoms. The molecular weight excluding hydrogens is 312 g/mol. The first-order valence-electron chi connectivity index (χ1n) is 7.06. The number of aromatic nitrogens is 3. The van der Waals surface area contributed by atoms with E-state index in [1.165, 1.54) is 24.6 Å². The van der Waals surface area contributed by atoms with Gasteiger partial charge in [-0.3, -0.25) is 9.78 Å². The number of carbonyl (C=O) groups is 1. The maximum atomic E-state index is 11.0. The predicted molar refractivity (Wildman–Crippen MR) is 88.9 cm³/mol. The summed E-state index contributed by atoms with van der Waals surface area (Å²) in [7, 11) is 1.37. The van der Waals surface area contributed by atoms with E-state index in [9.17, 15) is 4.79 Å². The number of imidazole rings is 1. The van der Waals surface area contributed by atoms with E-state index >= 15 is 0 Å². The largest absolute Gasteiger partial charge is 0.468 e. The van der Waals surface area contributed by atoms with Crippen LogP contribution in [0.5, 0.6) is 0 Å². The number of ether oxygens (including phenoxy) is 1. The van der Waals surface area contributed by atoms with Gasteiger partial charge in [0, 0.05) is 17.6 Å². The van der Waals surface area contributed by atoms with E-state index in [1.54, 1.807) is 6.20 Å². The molecule has 0 atom stereocenters. The van der Waals surface area contributed by atoms with Crippen molar-refractivity contribution in [3.8, 4) is 0 Å². The number of methoxy groups -OCH3 is 1. The quantitative estimate of drug-likeness (QED) is 0.553. The molecule has 118 valence electrons. The second-order valence-corrected chi connectivity index (χ2v) is 5.84. The summed E-state index contributed by atoms with van der Waals surface area (Å²) >= 11 is 1.40. The van der Waals surface area contributed by atoms with Gasteiger partial charge in [0.1, 0.15) is 6.54 Å². The number of fused-ring (bicyclic) bond motifs is 1. The van der Waals surface area contributed by atoms with Crippen LogP contribution < -0.4 is 4.72 Å². The normalized spacial score (nSPS) is 10.8. The fourth-order valence-corrected chi connectivity index (χ4v) is 2.77. The minimum absolute atomic E-state index is 0.178. The Hall–Kier alpha value is -2.38. The van der Waals surface area contributed by atoms with Crippen LogP contribution in [0.3, 0.4) is 0 Å². The summed E-state index contributed by atoms with van der Waals surface area (Å²) in [6.45, 7) is 0.916. The molecule has 2 aromatic heterocycles. The van der Waals surface area contributed by atoms with Gasteiger partial charge in [-0.1, -0.05) is 12.1 Å². The van der Waals surface area contributed by atoms with Crippen molar-refractivity contribution in [3.05, 3.63) is 54.6 Å². The highest BCUT2D eigenvalue weighted by Gasteiger charge is 2.04. The van der Waals surface area contributed by atoms with Gasteiger partial charge in [0.2, 0.25) is 0 Å². The van der Waals surface area contributed by atoms with Crippen LogP contribution in [-0.4, -0.2) is 34.2 Å². The summed E-state index contributed by atoms with van der Waals surface area (Å²) < 4.78 is 9.60. The maximum absolute atomic E-state index is 11.0. The standard InChI is InChI=1S/C16H16N4O2S/c1-22-16(21)9-19-23-13-4-2-12(3-5-13)10-20-11-18-14-6-7-17-8-15(14)20/h2-8,11,19H,9-10H2,1H3. The number of carbonyl (C=O) groups excluding carboxylic acids is 1. The van der Waals surface area contributed by atoms with Gasteiger partial charge in [0.25, 0.3) is 0 Å². The molecule has 0 fully saturated rings. The SMILES string of the molecule is COC(=O)CNSc1ccc(Cn2cnc3ccncc32)cc1. The summed E-state index contributed by atoms with van der Waals surface area (Å²) in [5.74, 6) is -0.283. The van der Waals surface area contributed by atoms with Gasteiger partial charge >= 0.3 is 5.97 Å². The van der Waals surface area contributed by atoms with Crippen molar-refractivity contribution in [1.82, 2.24) is 19.3 Å². The summed E-state index contributed by atoms with van der Waals surface area (Å²) in [6, 6.07) is 10.1. The first-order chi connectivity index (χ1) is 11.3. The molecule has 6 nitrogen and oxygen atoms in total. The molecule has 0 radical (unpaired) electrons. The monoisotopic (exact) mass is 328 g/mol. The van der Waals surface area contributed by atoms with Crippen LogP contribution in [0.2, 0.25) is 0 Å². The molecule has 0 spiro atoms. The predicted octanol–water partition coefficient (Wildman–Crippen LogP) is 2.25. The Bertz CT molecular complexity index is 801. The molecular formula is C16H16N4O2S. The minimum Gasteiger partial charge on any atom is -0.468 e. The van der Waals surface area contributed by atoms with Gasteiger partial charge in [-0.05, 0) is 35.7 Å². The zero-order valence-electron chi connectivity index (χ0n) is 12.6. The fraction of sp³-hybridized carbons (Fsp3) is 0.188. The average molecular weight is 328 g/mol. The highest BCUT2D eigenvalue weighted by molar-refractivity contribution is 7.97. The topological polar surface area (TPSA) is 69.0 Å². The van der Waals surface area contributed by atoms with Crippen LogP contribution in [0, 0.1) is 0 Å². The van der Waals surface area contributed by atoms with Gasteiger partial charge in [0.15, 0.2) is 0 Å². The number of nitrogens with zero attached hydrogens (tertiary/aromatic N) is 3. The Morgan fingerprint density at radius 2 is 2.13 bits per heavy atom. The zero-order chi connectivity index (χ0) is 16.1. The Morgan fingerprint density at radius 1 is 1.30 bits per heavy atom. The van der Waals surface area contributed by atoms with Crippen molar-refractivity contribution in [2.45, 2.75) is 11.4 Å². The highest BCUT2D eigenvalue weighted by Crippen LogP contribution is 2.17. The molecule has 0 amide bonds. The van der Waals surface area contributed by atoms with Crippen LogP contribution in [0.4, 0.5) is 0 Å². The van der Waals surface area contributed by atoms with E-state index in [0.29, 0.717) is 0 Å². The number of benzene rings is 1. The lowest BCUT2D eigenvalue weighted by Crippen LogP contribution is -2.17. The lowest BCUT2D eigenvalue weighted by Gasteiger charge is -2.06. The van der Waals surface area contributed by atoms with Crippen LogP contribution in [0.25, 0.3) is 11.0 Å². The van der Waals surface area contributed by atoms with Crippen molar-refractivity contribution in [2.24, 2.45) is 0 Å². The third-order valence-corrected chi connectivity index (χ3v) is 4.13. The van der Waals surface area contributed by atoms with Gasteiger partial charge in [-0.2, -0.15) is 0 Å². The smallest absolute Gasteiger partial charge is 0.320 e. The van der Waals surface area contributed by atoms with Crippen molar-refractivity contribution >= 4 is 29.0 Å². The second-order valence-electron chi connectivity index (χ2n) is 4.88. The maximum Gasteiger partial charge on any atom is 0.320 e. The van der Waals surface area contributed by atoms with E-state index in [4.69, 9.17) is 0 Å². The zero-order valence-corrected chi connectivity index (χ0v) is 13.4. The van der Waals surface area contributed by atoms with Gasteiger partial charge < -0.3 is 9.30 Å². The van der Waals surface area contributed by atoms with E-state index in [0.717, 1.165) is 22.5 Å². The fourth-order valence-electron chi connectivity index (χ4n) is 2.14. The Balaban J connectivity index is 1.62. The third-order valence-electron chi connectivity index (χ3n) is 3.33. The summed E-state index contributed by atoms with van der Waals surface area (Å²) in [5.41, 5.74) is 3.13. The Morgan fingerprint density at radius 3 is 2.91 bits per heavy atom. The molecule has 1 aromatic carbocycles. The molecule has 0 unspecified atom stereocenters. The first kappa shape index (κ1) is 15.5. The molecule has 0 saturated carbocycles. The molecule has 3 rings (SSSR count). The number of rotatable bonds is 6. The highest BCUT2D eigenvalue weighted by atomic mass is 32.2. The number of hydrogen-bond donors (Lipinski definition) is 1. The van der Waals surface area contributed by atoms with Crippen molar-refractivity contribution < 1.29 is 9.53 Å². The van der Waals surface area contributed by atoms with Crippen molar-refractivity contribution in [3.63, 3.8) is 0 Å². The molecule has 3 aromatic rings. The number of hydrogen-bond acceptors (Lipinski definition) is 6. The van der Waals surface area contributed by atoms with Crippen molar-refractivity contribution in [2.75, 3.05) is 13.7 Å². The number of nitrogens with one attached hydrogen (secondary N) is 1. The molecule has 23 heavy (non-hydrogen) atoms. The Kier molecular flexibility index (Phi) is 4.89. The third kappa shape index (κ3) is 3.88. The minimum atomic E-state index is -0.283. The molecule has 2 heterocycles. The van der Waals surface area contributed by atoms with Crippen molar-refractivity contribution in [1.29, 1.82) is 0 Å². The van der Waals surface area contributed by atoms with Gasteiger partial charge in [-0.25, -0.2) is 9.71 Å². The van der Waals surface area contributed by atoms with Crippen LogP contribution in [-0.2, 0) is 16.1 Å². The molecule has 0 saturated heterocycles. The molecule has 1 N–H and O–H groups in total. The van der Waals surface area contributed by atoms with Crippen LogP contribution in [0.1, 0.15) is 5.56 Å². The second kappa shape index (κ2) is 7.26. The van der Waals surface area contributed by atoms with Crippen LogP contribution in [0.15, 0.2) is 53.9 Å². The Labute approximate surface area is 138 Å². The average Bonchev–Trinajstić information content (AvgIpc) is 2.99. The van der Waals surface area contributed by atoms with E-state index in [1.807, 2.05) is 30.7 Å². The number of esters is 1. The summed E-state index contributed by atoms with van der Waals surface area (Å²) in [6.07, 6.45) is 5.39. The summed E-state index contributed by atoms with van der Waals surface area (Å²) in [4.78, 5) is 20.6. The van der Waals surface area contributed by atoms with E-state index < -0.39 is 0 Å². The summed E-state index contributed by atoms with van der Waals surface area (Å²) in [5, 5.41) is 0. The first-order valence-corrected chi connectivity index (χ1v) is 7.88. The van der Waals surface area contributed by atoms with Gasteiger partial charge in [0.05, 0.1) is 30.7 Å². The molecule has 0 aliphatic carbocycles.